The van der Waals surface area contributed by atoms with E-state index in [0.29, 0.717) is 22.5 Å². The molecule has 7 nitrogen and oxygen atoms in total. The first-order valence-corrected chi connectivity index (χ1v) is 16.1. The molecule has 0 heterocycles. The van der Waals surface area contributed by atoms with Gasteiger partial charge in [-0.2, -0.15) is 13.2 Å². The molecule has 2 amide bonds. The van der Waals surface area contributed by atoms with E-state index in [4.69, 9.17) is 11.6 Å². The number of hydrogen-bond donors (Lipinski definition) is 1. The number of carbonyl (C=O) groups is 2. The largest absolute Gasteiger partial charge is 0.417 e. The van der Waals surface area contributed by atoms with Gasteiger partial charge in [0, 0.05) is 13.1 Å². The fourth-order valence-corrected chi connectivity index (χ4v) is 6.32. The third-order valence-electron chi connectivity index (χ3n) is 7.08. The smallest absolute Gasteiger partial charge is 0.354 e. The Morgan fingerprint density at radius 3 is 2.23 bits per heavy atom. The van der Waals surface area contributed by atoms with Crippen LogP contribution in [0.1, 0.15) is 55.4 Å². The van der Waals surface area contributed by atoms with Crippen LogP contribution in [0.25, 0.3) is 0 Å². The van der Waals surface area contributed by atoms with Crippen molar-refractivity contribution in [3.63, 3.8) is 0 Å². The van der Waals surface area contributed by atoms with Crippen LogP contribution in [0.2, 0.25) is 5.02 Å². The van der Waals surface area contributed by atoms with Crippen molar-refractivity contribution in [3.8, 4) is 0 Å². The topological polar surface area (TPSA) is 86.8 Å². The van der Waals surface area contributed by atoms with Crippen LogP contribution in [-0.2, 0) is 32.3 Å². The third-order valence-corrected chi connectivity index (χ3v) is 9.20. The summed E-state index contributed by atoms with van der Waals surface area (Å²) >= 11 is 5.83. The zero-order valence-electron chi connectivity index (χ0n) is 25.1. The number of nitrogens with one attached hydrogen (secondary N) is 1. The molecule has 1 atom stereocenters. The van der Waals surface area contributed by atoms with E-state index < -0.39 is 56.9 Å². The summed E-state index contributed by atoms with van der Waals surface area (Å²) in [7, 11) is -4.55. The molecule has 1 N–H and O–H groups in total. The number of benzene rings is 3. The summed E-state index contributed by atoms with van der Waals surface area (Å²) in [6, 6.07) is 14.8. The van der Waals surface area contributed by atoms with Crippen molar-refractivity contribution in [1.29, 1.82) is 0 Å². The molecule has 12 heteroatoms. The lowest BCUT2D eigenvalue weighted by molar-refractivity contribution is -0.140. The summed E-state index contributed by atoms with van der Waals surface area (Å²) < 4.78 is 70.0. The molecule has 238 valence electrons. The molecular formula is C32H37ClF3N3O4S. The highest BCUT2D eigenvalue weighted by Gasteiger charge is 2.37. The molecule has 0 fully saturated rings. The summed E-state index contributed by atoms with van der Waals surface area (Å²) in [5.41, 5.74) is 0.747. The van der Waals surface area contributed by atoms with Crippen LogP contribution in [0.4, 0.5) is 18.9 Å². The number of rotatable bonds is 13. The molecular weight excluding hydrogens is 615 g/mol. The Morgan fingerprint density at radius 2 is 1.64 bits per heavy atom. The van der Waals surface area contributed by atoms with E-state index in [-0.39, 0.29) is 17.9 Å². The monoisotopic (exact) mass is 651 g/mol. The maximum atomic E-state index is 14.1. The van der Waals surface area contributed by atoms with E-state index in [9.17, 15) is 31.2 Å². The number of alkyl halides is 3. The van der Waals surface area contributed by atoms with E-state index >= 15 is 0 Å². The van der Waals surface area contributed by atoms with Crippen LogP contribution >= 0.6 is 11.6 Å². The fourth-order valence-electron chi connectivity index (χ4n) is 4.68. The van der Waals surface area contributed by atoms with Gasteiger partial charge in [-0.15, -0.1) is 0 Å². The standard InChI is InChI=1S/C32H37ClF3N3O4S/c1-5-7-17-37-31(41)29(6-2)38(20-24-10-8-9-23(4)18-24)30(40)21-39(44(42,43)26-14-11-22(3)12-15-26)25-13-16-28(33)27(19-25)32(34,35)36/h8-16,18-19,29H,5-7,17,20-21H2,1-4H3,(H,37,41)/t29-/m1/s1. The summed E-state index contributed by atoms with van der Waals surface area (Å²) in [6.45, 7) is 6.85. The summed E-state index contributed by atoms with van der Waals surface area (Å²) in [4.78, 5) is 28.5. The molecule has 0 aliphatic carbocycles. The van der Waals surface area contributed by atoms with Gasteiger partial charge >= 0.3 is 6.18 Å². The first kappa shape index (κ1) is 34.9. The lowest BCUT2D eigenvalue weighted by Gasteiger charge is -2.33. The molecule has 0 unspecified atom stereocenters. The lowest BCUT2D eigenvalue weighted by atomic mass is 10.1. The molecule has 0 aliphatic rings. The van der Waals surface area contributed by atoms with E-state index in [2.05, 4.69) is 5.32 Å². The Kier molecular flexibility index (Phi) is 11.9. The third kappa shape index (κ3) is 8.75. The van der Waals surface area contributed by atoms with Crippen molar-refractivity contribution in [2.45, 2.75) is 70.6 Å². The zero-order valence-corrected chi connectivity index (χ0v) is 26.7. The number of aryl methyl sites for hydroxylation is 2. The molecule has 3 aromatic rings. The molecule has 0 bridgehead atoms. The van der Waals surface area contributed by atoms with E-state index in [1.807, 2.05) is 26.0 Å². The van der Waals surface area contributed by atoms with Crippen molar-refractivity contribution in [1.82, 2.24) is 10.2 Å². The Morgan fingerprint density at radius 1 is 0.955 bits per heavy atom. The van der Waals surface area contributed by atoms with Crippen molar-refractivity contribution >= 4 is 39.1 Å². The molecule has 0 radical (unpaired) electrons. The van der Waals surface area contributed by atoms with E-state index in [0.717, 1.165) is 36.1 Å². The summed E-state index contributed by atoms with van der Waals surface area (Å²) in [6.07, 6.45) is -3.08. The minimum absolute atomic E-state index is 0.0208. The molecule has 0 aromatic heterocycles. The van der Waals surface area contributed by atoms with Gasteiger partial charge in [-0.1, -0.05) is 79.4 Å². The minimum Gasteiger partial charge on any atom is -0.354 e. The average Bonchev–Trinajstić information content (AvgIpc) is 2.96. The minimum atomic E-state index is -4.88. The van der Waals surface area contributed by atoms with Gasteiger partial charge in [0.2, 0.25) is 11.8 Å². The molecule has 44 heavy (non-hydrogen) atoms. The maximum Gasteiger partial charge on any atom is 0.417 e. The van der Waals surface area contributed by atoms with Crippen molar-refractivity contribution in [3.05, 3.63) is 94.0 Å². The van der Waals surface area contributed by atoms with Crippen LogP contribution < -0.4 is 9.62 Å². The van der Waals surface area contributed by atoms with Gasteiger partial charge in [0.05, 0.1) is 21.2 Å². The number of nitrogens with zero attached hydrogens (tertiary/aromatic N) is 2. The number of anilines is 1. The molecule has 3 aromatic carbocycles. The molecule has 3 rings (SSSR count). The first-order chi connectivity index (χ1) is 20.7. The zero-order chi connectivity index (χ0) is 32.7. The van der Waals surface area contributed by atoms with Gasteiger partial charge in [-0.3, -0.25) is 13.9 Å². The second-order valence-corrected chi connectivity index (χ2v) is 12.8. The number of unbranched alkanes of at least 4 members (excludes halogenated alkanes) is 1. The van der Waals surface area contributed by atoms with Crippen molar-refractivity contribution in [2.75, 3.05) is 17.4 Å². The lowest BCUT2D eigenvalue weighted by Crippen LogP contribution is -2.52. The fraction of sp³-hybridized carbons (Fsp3) is 0.375. The Hall–Kier alpha value is -3.57. The number of sulfonamides is 1. The number of amides is 2. The Balaban J connectivity index is 2.13. The van der Waals surface area contributed by atoms with Crippen LogP contribution in [0, 0.1) is 13.8 Å². The van der Waals surface area contributed by atoms with Gasteiger partial charge in [-0.25, -0.2) is 8.42 Å². The SMILES string of the molecule is CCCCNC(=O)[C@@H](CC)N(Cc1cccc(C)c1)C(=O)CN(c1ccc(Cl)c(C(F)(F)F)c1)S(=O)(=O)c1ccc(C)cc1. The quantitative estimate of drug-likeness (QED) is 0.204. The number of halogens is 4. The highest BCUT2D eigenvalue weighted by molar-refractivity contribution is 7.92. The second-order valence-electron chi connectivity index (χ2n) is 10.6. The van der Waals surface area contributed by atoms with Crippen LogP contribution in [0.5, 0.6) is 0 Å². The maximum absolute atomic E-state index is 14.1. The van der Waals surface area contributed by atoms with Crippen molar-refractivity contribution in [2.24, 2.45) is 0 Å². The molecule has 0 spiro atoms. The number of hydrogen-bond acceptors (Lipinski definition) is 4. The summed E-state index contributed by atoms with van der Waals surface area (Å²) in [5, 5.41) is 2.22. The first-order valence-electron chi connectivity index (χ1n) is 14.3. The summed E-state index contributed by atoms with van der Waals surface area (Å²) in [5.74, 6) is -1.16. The van der Waals surface area contributed by atoms with Crippen molar-refractivity contribution < 1.29 is 31.2 Å². The Labute approximate surface area is 262 Å². The van der Waals surface area contributed by atoms with Crippen LogP contribution in [0.15, 0.2) is 71.6 Å². The highest BCUT2D eigenvalue weighted by Crippen LogP contribution is 2.38. The van der Waals surface area contributed by atoms with Gasteiger partial charge in [0.15, 0.2) is 0 Å². The average molecular weight is 652 g/mol. The van der Waals surface area contributed by atoms with Crippen LogP contribution in [0.3, 0.4) is 0 Å². The predicted octanol–water partition coefficient (Wildman–Crippen LogP) is 6.89. The van der Waals surface area contributed by atoms with E-state index in [1.54, 1.807) is 38.1 Å². The van der Waals surface area contributed by atoms with Gasteiger partial charge in [0.1, 0.15) is 12.6 Å². The van der Waals surface area contributed by atoms with Crippen LogP contribution in [-0.4, -0.2) is 44.3 Å². The molecule has 0 saturated heterocycles. The second kappa shape index (κ2) is 14.9. The molecule has 0 saturated carbocycles. The normalized spacial score (nSPS) is 12.5. The predicted molar refractivity (Wildman–Crippen MR) is 166 cm³/mol. The number of carbonyl (C=O) groups excluding carboxylic acids is 2. The van der Waals surface area contributed by atoms with Gasteiger partial charge in [0.25, 0.3) is 10.0 Å². The van der Waals surface area contributed by atoms with Gasteiger partial charge in [-0.05, 0) is 62.6 Å². The highest BCUT2D eigenvalue weighted by atomic mass is 35.5. The Bertz CT molecular complexity index is 1560. The molecule has 0 aliphatic heterocycles. The van der Waals surface area contributed by atoms with Gasteiger partial charge < -0.3 is 10.2 Å². The van der Waals surface area contributed by atoms with E-state index in [1.165, 1.54) is 17.0 Å².